The molecule has 2 N–H and O–H groups in total. The number of amides is 1. The number of carbonyl (C=O) groups is 1. The average Bonchev–Trinajstić information content (AvgIpc) is 2.74. The van der Waals surface area contributed by atoms with Crippen LogP contribution in [0.15, 0.2) is 24.3 Å². The van der Waals surface area contributed by atoms with E-state index in [4.69, 9.17) is 0 Å². The summed E-state index contributed by atoms with van der Waals surface area (Å²) in [6.45, 7) is 3.96. The maximum Gasteiger partial charge on any atom is 0.224 e. The lowest BCUT2D eigenvalue weighted by Gasteiger charge is -2.11. The summed E-state index contributed by atoms with van der Waals surface area (Å²) in [4.78, 5) is 11.7. The number of hydrogen-bond acceptors (Lipinski definition) is 2. The van der Waals surface area contributed by atoms with Crippen LogP contribution in [0, 0.1) is 6.92 Å². The second-order valence-corrected chi connectivity index (χ2v) is 4.42. The Morgan fingerprint density at radius 3 is 2.81 bits per heavy atom. The van der Waals surface area contributed by atoms with Crippen LogP contribution in [0.5, 0.6) is 0 Å². The van der Waals surface area contributed by atoms with E-state index in [0.717, 1.165) is 25.1 Å². The van der Waals surface area contributed by atoms with E-state index in [9.17, 15) is 4.79 Å². The van der Waals surface area contributed by atoms with Gasteiger partial charge in [-0.15, -0.1) is 0 Å². The van der Waals surface area contributed by atoms with Crippen molar-refractivity contribution in [2.45, 2.75) is 25.8 Å². The summed E-state index contributed by atoms with van der Waals surface area (Å²) in [5.74, 6) is 0.123. The molecule has 2 rings (SSSR count). The first-order valence-electron chi connectivity index (χ1n) is 5.79. The first kappa shape index (κ1) is 11.1. The van der Waals surface area contributed by atoms with Crippen LogP contribution in [0.2, 0.25) is 0 Å². The molecule has 3 heteroatoms. The van der Waals surface area contributed by atoms with E-state index < -0.39 is 0 Å². The van der Waals surface area contributed by atoms with Gasteiger partial charge in [-0.1, -0.05) is 29.8 Å². The summed E-state index contributed by atoms with van der Waals surface area (Å²) >= 11 is 0. The maximum atomic E-state index is 11.7. The van der Waals surface area contributed by atoms with Crippen molar-refractivity contribution in [2.24, 2.45) is 0 Å². The van der Waals surface area contributed by atoms with Gasteiger partial charge >= 0.3 is 0 Å². The van der Waals surface area contributed by atoms with Crippen molar-refractivity contribution in [3.05, 3.63) is 35.4 Å². The molecule has 1 amide bonds. The van der Waals surface area contributed by atoms with Crippen molar-refractivity contribution in [2.75, 3.05) is 13.1 Å². The van der Waals surface area contributed by atoms with Crippen molar-refractivity contribution >= 4 is 5.91 Å². The maximum absolute atomic E-state index is 11.7. The Kier molecular flexibility index (Phi) is 3.57. The molecule has 1 fully saturated rings. The van der Waals surface area contributed by atoms with Crippen molar-refractivity contribution < 1.29 is 4.79 Å². The molecule has 0 unspecified atom stereocenters. The molecular formula is C13H18N2O. The molecule has 0 saturated carbocycles. The quantitative estimate of drug-likeness (QED) is 0.795. The smallest absolute Gasteiger partial charge is 0.224 e. The molecule has 3 nitrogen and oxygen atoms in total. The van der Waals surface area contributed by atoms with Crippen molar-refractivity contribution in [3.63, 3.8) is 0 Å². The Morgan fingerprint density at radius 1 is 1.44 bits per heavy atom. The van der Waals surface area contributed by atoms with Gasteiger partial charge in [0.2, 0.25) is 5.91 Å². The van der Waals surface area contributed by atoms with E-state index in [1.54, 1.807) is 0 Å². The Bertz CT molecular complexity index is 353. The second kappa shape index (κ2) is 5.12. The van der Waals surface area contributed by atoms with Crippen LogP contribution >= 0.6 is 0 Å². The van der Waals surface area contributed by atoms with Crippen LogP contribution in [0.3, 0.4) is 0 Å². The minimum Gasteiger partial charge on any atom is -0.352 e. The lowest BCUT2D eigenvalue weighted by molar-refractivity contribution is -0.121. The number of aryl methyl sites for hydroxylation is 1. The molecule has 1 atom stereocenters. The van der Waals surface area contributed by atoms with Gasteiger partial charge in [0.05, 0.1) is 6.42 Å². The monoisotopic (exact) mass is 218 g/mol. The first-order valence-corrected chi connectivity index (χ1v) is 5.79. The van der Waals surface area contributed by atoms with Crippen LogP contribution in [0.1, 0.15) is 17.5 Å². The highest BCUT2D eigenvalue weighted by atomic mass is 16.1. The predicted molar refractivity (Wildman–Crippen MR) is 64.3 cm³/mol. The molecule has 0 aliphatic carbocycles. The van der Waals surface area contributed by atoms with Gasteiger partial charge in [-0.05, 0) is 25.5 Å². The van der Waals surface area contributed by atoms with Crippen LogP contribution < -0.4 is 10.6 Å². The summed E-state index contributed by atoms with van der Waals surface area (Å²) in [6.07, 6.45) is 1.52. The van der Waals surface area contributed by atoms with E-state index >= 15 is 0 Å². The molecule has 1 heterocycles. The minimum absolute atomic E-state index is 0.123. The highest BCUT2D eigenvalue weighted by Gasteiger charge is 2.16. The third kappa shape index (κ3) is 3.07. The zero-order chi connectivity index (χ0) is 11.4. The largest absolute Gasteiger partial charge is 0.352 e. The molecular weight excluding hydrogens is 200 g/mol. The fourth-order valence-electron chi connectivity index (χ4n) is 1.95. The Hall–Kier alpha value is -1.35. The molecule has 0 aromatic heterocycles. The molecule has 86 valence electrons. The first-order chi connectivity index (χ1) is 7.74. The Morgan fingerprint density at radius 2 is 2.19 bits per heavy atom. The highest BCUT2D eigenvalue weighted by molar-refractivity contribution is 5.78. The second-order valence-electron chi connectivity index (χ2n) is 4.42. The van der Waals surface area contributed by atoms with E-state index in [-0.39, 0.29) is 5.91 Å². The molecule has 0 radical (unpaired) electrons. The summed E-state index contributed by atoms with van der Waals surface area (Å²) in [7, 11) is 0. The van der Waals surface area contributed by atoms with Crippen molar-refractivity contribution in [3.8, 4) is 0 Å². The summed E-state index contributed by atoms with van der Waals surface area (Å²) in [6, 6.07) is 8.43. The van der Waals surface area contributed by atoms with E-state index in [1.807, 2.05) is 31.2 Å². The van der Waals surface area contributed by atoms with Crippen LogP contribution in [-0.2, 0) is 11.2 Å². The van der Waals surface area contributed by atoms with E-state index in [0.29, 0.717) is 12.5 Å². The molecule has 1 aromatic rings. The fraction of sp³-hybridized carbons (Fsp3) is 0.462. The normalized spacial score (nSPS) is 19.7. The molecule has 1 aliphatic heterocycles. The SMILES string of the molecule is Cc1ccc(CC(=O)N[C@@H]2CCNC2)cc1. The van der Waals surface area contributed by atoms with Crippen LogP contribution in [0.25, 0.3) is 0 Å². The van der Waals surface area contributed by atoms with Gasteiger partial charge in [0.1, 0.15) is 0 Å². The number of hydrogen-bond donors (Lipinski definition) is 2. The van der Waals surface area contributed by atoms with Gasteiger partial charge in [0.15, 0.2) is 0 Å². The third-order valence-corrected chi connectivity index (χ3v) is 2.91. The molecule has 16 heavy (non-hydrogen) atoms. The van der Waals surface area contributed by atoms with E-state index in [2.05, 4.69) is 10.6 Å². The zero-order valence-electron chi connectivity index (χ0n) is 9.62. The lowest BCUT2D eigenvalue weighted by atomic mass is 10.1. The molecule has 0 bridgehead atoms. The number of benzene rings is 1. The van der Waals surface area contributed by atoms with Gasteiger partial charge in [-0.25, -0.2) is 0 Å². The van der Waals surface area contributed by atoms with Gasteiger partial charge in [-0.3, -0.25) is 4.79 Å². The van der Waals surface area contributed by atoms with E-state index in [1.165, 1.54) is 5.56 Å². The molecule has 1 aliphatic rings. The molecule has 0 spiro atoms. The Labute approximate surface area is 96.2 Å². The van der Waals surface area contributed by atoms with Crippen molar-refractivity contribution in [1.29, 1.82) is 0 Å². The number of rotatable bonds is 3. The number of nitrogens with one attached hydrogen (secondary N) is 2. The third-order valence-electron chi connectivity index (χ3n) is 2.91. The van der Waals surface area contributed by atoms with Gasteiger partial charge in [0.25, 0.3) is 0 Å². The fourth-order valence-corrected chi connectivity index (χ4v) is 1.95. The average molecular weight is 218 g/mol. The topological polar surface area (TPSA) is 41.1 Å². The number of carbonyl (C=O) groups excluding carboxylic acids is 1. The molecule has 1 saturated heterocycles. The summed E-state index contributed by atoms with van der Waals surface area (Å²) in [5.41, 5.74) is 2.30. The summed E-state index contributed by atoms with van der Waals surface area (Å²) < 4.78 is 0. The lowest BCUT2D eigenvalue weighted by Crippen LogP contribution is -2.37. The van der Waals surface area contributed by atoms with Gasteiger partial charge in [-0.2, -0.15) is 0 Å². The standard InChI is InChI=1S/C13H18N2O/c1-10-2-4-11(5-3-10)8-13(16)15-12-6-7-14-9-12/h2-5,12,14H,6-9H2,1H3,(H,15,16)/t12-/m1/s1. The minimum atomic E-state index is 0.123. The summed E-state index contributed by atoms with van der Waals surface area (Å²) in [5, 5.41) is 6.27. The predicted octanol–water partition coefficient (Wildman–Crippen LogP) is 1.02. The van der Waals surface area contributed by atoms with Crippen LogP contribution in [-0.4, -0.2) is 25.0 Å². The molecule has 1 aromatic carbocycles. The van der Waals surface area contributed by atoms with Gasteiger partial charge in [0, 0.05) is 12.6 Å². The zero-order valence-corrected chi connectivity index (χ0v) is 9.62. The van der Waals surface area contributed by atoms with Crippen molar-refractivity contribution in [1.82, 2.24) is 10.6 Å². The Balaban J connectivity index is 1.84. The van der Waals surface area contributed by atoms with Gasteiger partial charge < -0.3 is 10.6 Å². The van der Waals surface area contributed by atoms with Crippen LogP contribution in [0.4, 0.5) is 0 Å². The highest BCUT2D eigenvalue weighted by Crippen LogP contribution is 2.04.